The van der Waals surface area contributed by atoms with Gasteiger partial charge in [-0.3, -0.25) is 9.38 Å². The fourth-order valence-electron chi connectivity index (χ4n) is 4.62. The molecule has 6 rings (SSSR count). The van der Waals surface area contributed by atoms with Crippen LogP contribution in [0.5, 0.6) is 0 Å². The monoisotopic (exact) mass is 383 g/mol. The van der Waals surface area contributed by atoms with Crippen molar-refractivity contribution in [2.45, 2.75) is 39.0 Å². The summed E-state index contributed by atoms with van der Waals surface area (Å²) < 4.78 is 3.57. The molecule has 3 nitrogen and oxygen atoms in total. The summed E-state index contributed by atoms with van der Waals surface area (Å²) in [6.45, 7) is 6.65. The summed E-state index contributed by atoms with van der Waals surface area (Å²) in [5.41, 5.74) is 4.83. The highest BCUT2D eigenvalue weighted by Gasteiger charge is 2.40. The van der Waals surface area contributed by atoms with Crippen LogP contribution in [0.2, 0.25) is 0 Å². The largest absolute Gasteiger partial charge is 0.283 e. The number of imidazole rings is 1. The van der Waals surface area contributed by atoms with Gasteiger partial charge in [-0.2, -0.15) is 0 Å². The van der Waals surface area contributed by atoms with Crippen LogP contribution < -0.4 is 10.6 Å². The number of thiophene rings is 1. The number of pyridine rings is 2. The molecular formula is C24H21N3S. The van der Waals surface area contributed by atoms with Gasteiger partial charge in [0.25, 0.3) is 0 Å². The van der Waals surface area contributed by atoms with Crippen LogP contribution in [-0.4, -0.2) is 14.4 Å². The molecule has 0 bridgehead atoms. The Hall–Kier alpha value is -2.72. The molecule has 0 aliphatic heterocycles. The van der Waals surface area contributed by atoms with E-state index in [0.29, 0.717) is 0 Å². The van der Waals surface area contributed by atoms with Gasteiger partial charge >= 0.3 is 0 Å². The number of nitrogens with zero attached hydrogens (tertiary/aromatic N) is 3. The van der Waals surface area contributed by atoms with Crippen LogP contribution in [-0.2, 0) is 5.41 Å². The van der Waals surface area contributed by atoms with Gasteiger partial charge in [-0.25, -0.2) is 4.98 Å². The van der Waals surface area contributed by atoms with Crippen LogP contribution in [0.25, 0.3) is 49.1 Å². The van der Waals surface area contributed by atoms with Crippen molar-refractivity contribution < 1.29 is 0 Å². The first-order valence-corrected chi connectivity index (χ1v) is 10.7. The molecule has 0 spiro atoms. The van der Waals surface area contributed by atoms with Crippen molar-refractivity contribution in [3.05, 3.63) is 52.7 Å². The summed E-state index contributed by atoms with van der Waals surface area (Å²) in [7, 11) is 0. The molecule has 138 valence electrons. The van der Waals surface area contributed by atoms with Gasteiger partial charge in [0.1, 0.15) is 21.5 Å². The highest BCUT2D eigenvalue weighted by atomic mass is 32.1. The molecule has 0 atom stereocenters. The Bertz CT molecular complexity index is 1550. The summed E-state index contributed by atoms with van der Waals surface area (Å²) >= 11 is 1.79. The SMILES string of the molecule is C/C=c1\c(=C/C)n2c(nc3c4ncccc4sc32)c2c(C3(C)CC3)cccc12. The van der Waals surface area contributed by atoms with Crippen molar-refractivity contribution in [1.29, 1.82) is 0 Å². The Morgan fingerprint density at radius 3 is 2.68 bits per heavy atom. The van der Waals surface area contributed by atoms with Gasteiger partial charge in [0.05, 0.1) is 10.0 Å². The van der Waals surface area contributed by atoms with E-state index in [1.165, 1.54) is 49.3 Å². The number of fused-ring (bicyclic) bond motifs is 7. The molecule has 1 saturated carbocycles. The Labute approximate surface area is 166 Å². The Balaban J connectivity index is 1.98. The van der Waals surface area contributed by atoms with E-state index in [1.807, 2.05) is 12.3 Å². The third-order valence-corrected chi connectivity index (χ3v) is 7.46. The van der Waals surface area contributed by atoms with E-state index in [0.717, 1.165) is 16.7 Å². The van der Waals surface area contributed by atoms with E-state index in [4.69, 9.17) is 4.98 Å². The zero-order chi connectivity index (χ0) is 19.0. The molecule has 4 heteroatoms. The molecule has 28 heavy (non-hydrogen) atoms. The minimum atomic E-state index is 0.280. The Morgan fingerprint density at radius 2 is 1.93 bits per heavy atom. The van der Waals surface area contributed by atoms with E-state index in [-0.39, 0.29) is 5.41 Å². The second-order valence-electron chi connectivity index (χ2n) is 8.04. The zero-order valence-corrected chi connectivity index (χ0v) is 17.1. The van der Waals surface area contributed by atoms with E-state index in [2.05, 4.69) is 66.6 Å². The van der Waals surface area contributed by atoms with Crippen LogP contribution >= 0.6 is 11.3 Å². The summed E-state index contributed by atoms with van der Waals surface area (Å²) in [6, 6.07) is 10.9. The molecule has 1 aliphatic rings. The molecular weight excluding hydrogens is 362 g/mol. The standard InChI is InChI=1S/C24H21N3S/c1-4-14-15-8-6-9-16(24(3)11-12-24)19(15)22-26-21-20-18(10-7-13-25-20)28-23(21)27(22)17(14)5-2/h4-10,13H,11-12H2,1-3H3/b14-4-,17-5+. The number of rotatable bonds is 1. The van der Waals surface area contributed by atoms with Gasteiger partial charge < -0.3 is 0 Å². The smallest absolute Gasteiger partial charge is 0.147 e. The average Bonchev–Trinajstić information content (AvgIpc) is 3.21. The fraction of sp³-hybridized carbons (Fsp3) is 0.250. The molecule has 1 aromatic carbocycles. The molecule has 4 aromatic heterocycles. The van der Waals surface area contributed by atoms with E-state index in [1.54, 1.807) is 11.3 Å². The van der Waals surface area contributed by atoms with Gasteiger partial charge in [-0.1, -0.05) is 37.3 Å². The highest BCUT2D eigenvalue weighted by molar-refractivity contribution is 7.25. The lowest BCUT2D eigenvalue weighted by Gasteiger charge is -2.15. The predicted octanol–water partition coefficient (Wildman–Crippen LogP) is 4.90. The summed E-state index contributed by atoms with van der Waals surface area (Å²) in [5.74, 6) is 0. The zero-order valence-electron chi connectivity index (χ0n) is 16.3. The summed E-state index contributed by atoms with van der Waals surface area (Å²) in [5, 5.41) is 5.13. The third kappa shape index (κ3) is 1.93. The van der Waals surface area contributed by atoms with E-state index >= 15 is 0 Å². The van der Waals surface area contributed by atoms with Gasteiger partial charge in [0.2, 0.25) is 0 Å². The number of benzene rings is 1. The lowest BCUT2D eigenvalue weighted by Crippen LogP contribution is -2.32. The highest BCUT2D eigenvalue weighted by Crippen LogP contribution is 2.50. The Kier molecular flexibility index (Phi) is 3.15. The van der Waals surface area contributed by atoms with Crippen LogP contribution in [0.3, 0.4) is 0 Å². The molecule has 0 N–H and O–H groups in total. The van der Waals surface area contributed by atoms with E-state index < -0.39 is 0 Å². The van der Waals surface area contributed by atoms with Gasteiger partial charge in [-0.05, 0) is 55.2 Å². The number of hydrogen-bond donors (Lipinski definition) is 0. The minimum Gasteiger partial charge on any atom is -0.283 e. The first kappa shape index (κ1) is 16.3. The quantitative estimate of drug-likeness (QED) is 0.412. The fourth-order valence-corrected chi connectivity index (χ4v) is 5.74. The molecule has 5 aromatic rings. The summed E-state index contributed by atoms with van der Waals surface area (Å²) in [6.07, 6.45) is 8.83. The van der Waals surface area contributed by atoms with Crippen molar-refractivity contribution >= 4 is 60.5 Å². The molecule has 0 amide bonds. The van der Waals surface area contributed by atoms with Crippen LogP contribution in [0.1, 0.15) is 39.2 Å². The Morgan fingerprint density at radius 1 is 1.07 bits per heavy atom. The van der Waals surface area contributed by atoms with Crippen molar-refractivity contribution in [3.8, 4) is 0 Å². The van der Waals surface area contributed by atoms with Crippen molar-refractivity contribution in [2.24, 2.45) is 0 Å². The van der Waals surface area contributed by atoms with Crippen LogP contribution in [0.15, 0.2) is 36.5 Å². The number of hydrogen-bond acceptors (Lipinski definition) is 3. The molecule has 0 radical (unpaired) electrons. The first-order chi connectivity index (χ1) is 13.7. The van der Waals surface area contributed by atoms with Crippen LogP contribution in [0, 0.1) is 0 Å². The maximum Gasteiger partial charge on any atom is 0.147 e. The molecule has 0 unspecified atom stereocenters. The van der Waals surface area contributed by atoms with Gasteiger partial charge in [0.15, 0.2) is 0 Å². The second kappa shape index (κ2) is 5.42. The lowest BCUT2D eigenvalue weighted by molar-refractivity contribution is 0.796. The summed E-state index contributed by atoms with van der Waals surface area (Å²) in [4.78, 5) is 11.0. The maximum atomic E-state index is 5.19. The second-order valence-corrected chi connectivity index (χ2v) is 9.07. The number of aromatic nitrogens is 3. The predicted molar refractivity (Wildman–Crippen MR) is 119 cm³/mol. The maximum absolute atomic E-state index is 5.19. The third-order valence-electron chi connectivity index (χ3n) is 6.34. The van der Waals surface area contributed by atoms with E-state index in [9.17, 15) is 0 Å². The van der Waals surface area contributed by atoms with Crippen molar-refractivity contribution in [3.63, 3.8) is 0 Å². The minimum absolute atomic E-state index is 0.280. The molecule has 1 aliphatic carbocycles. The van der Waals surface area contributed by atoms with Gasteiger partial charge in [0, 0.05) is 16.8 Å². The first-order valence-electron chi connectivity index (χ1n) is 9.90. The van der Waals surface area contributed by atoms with Crippen molar-refractivity contribution in [2.75, 3.05) is 0 Å². The lowest BCUT2D eigenvalue weighted by atomic mass is 9.92. The normalized spacial score (nSPS) is 17.5. The molecule has 4 heterocycles. The molecule has 1 fully saturated rings. The topological polar surface area (TPSA) is 30.2 Å². The average molecular weight is 384 g/mol. The van der Waals surface area contributed by atoms with Crippen LogP contribution in [0.4, 0.5) is 0 Å². The molecule has 0 saturated heterocycles. The van der Waals surface area contributed by atoms with Gasteiger partial charge in [-0.15, -0.1) is 11.3 Å². The van der Waals surface area contributed by atoms with Crippen molar-refractivity contribution in [1.82, 2.24) is 14.4 Å².